The molecular weight excluding hydrogens is 418 g/mol. The van der Waals surface area contributed by atoms with E-state index in [2.05, 4.69) is 15.5 Å². The van der Waals surface area contributed by atoms with E-state index < -0.39 is 0 Å². The summed E-state index contributed by atoms with van der Waals surface area (Å²) in [6, 6.07) is 15.0. The van der Waals surface area contributed by atoms with E-state index in [9.17, 15) is 9.59 Å². The molecule has 1 atom stereocenters. The number of hydrogen-bond acceptors (Lipinski definition) is 5. The fourth-order valence-electron chi connectivity index (χ4n) is 3.78. The van der Waals surface area contributed by atoms with Gasteiger partial charge >= 0.3 is 5.56 Å². The van der Waals surface area contributed by atoms with Gasteiger partial charge in [-0.15, -0.1) is 10.2 Å². The van der Waals surface area contributed by atoms with Crippen molar-refractivity contribution in [1.29, 1.82) is 0 Å². The number of aromatic nitrogens is 4. The van der Waals surface area contributed by atoms with Crippen LogP contribution in [0.3, 0.4) is 0 Å². The van der Waals surface area contributed by atoms with Gasteiger partial charge in [0.1, 0.15) is 11.6 Å². The van der Waals surface area contributed by atoms with Crippen molar-refractivity contribution < 1.29 is 9.53 Å². The lowest BCUT2D eigenvalue weighted by Crippen LogP contribution is -2.21. The first kappa shape index (κ1) is 22.3. The van der Waals surface area contributed by atoms with Crippen molar-refractivity contribution in [3.63, 3.8) is 0 Å². The van der Waals surface area contributed by atoms with Crippen LogP contribution in [0.5, 0.6) is 5.75 Å². The van der Waals surface area contributed by atoms with Gasteiger partial charge in [-0.05, 0) is 61.7 Å². The molecule has 0 saturated heterocycles. The molecule has 8 nitrogen and oxygen atoms in total. The average Bonchev–Trinajstić information content (AvgIpc) is 3.18. The second-order valence-electron chi connectivity index (χ2n) is 8.14. The Balaban J connectivity index is 1.47. The number of nitrogens with one attached hydrogen (secondary N) is 1. The predicted molar refractivity (Wildman–Crippen MR) is 127 cm³/mol. The summed E-state index contributed by atoms with van der Waals surface area (Å²) in [4.78, 5) is 25.4. The van der Waals surface area contributed by atoms with Gasteiger partial charge in [-0.3, -0.25) is 18.6 Å². The number of carbonyl (C=O) groups is 1. The van der Waals surface area contributed by atoms with Gasteiger partial charge in [0.05, 0.1) is 6.61 Å². The van der Waals surface area contributed by atoms with E-state index in [4.69, 9.17) is 4.74 Å². The van der Waals surface area contributed by atoms with Crippen molar-refractivity contribution in [2.24, 2.45) is 5.92 Å². The van der Waals surface area contributed by atoms with Crippen LogP contribution in [0, 0.1) is 12.8 Å². The van der Waals surface area contributed by atoms with Crippen LogP contribution in [0.15, 0.2) is 65.7 Å². The van der Waals surface area contributed by atoms with Gasteiger partial charge in [0.25, 0.3) is 0 Å². The molecule has 2 aromatic heterocycles. The van der Waals surface area contributed by atoms with E-state index in [-0.39, 0.29) is 23.0 Å². The van der Waals surface area contributed by atoms with Gasteiger partial charge in [-0.1, -0.05) is 19.1 Å². The minimum Gasteiger partial charge on any atom is -0.494 e. The number of hydrogen-bond donors (Lipinski definition) is 1. The summed E-state index contributed by atoms with van der Waals surface area (Å²) in [7, 11) is 0. The van der Waals surface area contributed by atoms with Gasteiger partial charge in [0.2, 0.25) is 11.6 Å². The average molecular weight is 446 g/mol. The van der Waals surface area contributed by atoms with Crippen LogP contribution in [0.4, 0.5) is 5.69 Å². The van der Waals surface area contributed by atoms with Crippen molar-refractivity contribution in [3.8, 4) is 11.4 Å². The Bertz CT molecular complexity index is 1320. The van der Waals surface area contributed by atoms with Crippen molar-refractivity contribution in [2.75, 3.05) is 11.9 Å². The molecule has 2 heterocycles. The number of aryl methyl sites for hydroxylation is 1. The maximum Gasteiger partial charge on any atom is 0.300 e. The van der Waals surface area contributed by atoms with Crippen LogP contribution in [0.2, 0.25) is 0 Å². The normalized spacial score (nSPS) is 12.0. The molecule has 1 amide bonds. The Morgan fingerprint density at radius 2 is 1.91 bits per heavy atom. The molecule has 170 valence electrons. The van der Waals surface area contributed by atoms with Crippen molar-refractivity contribution >= 4 is 17.2 Å². The number of nitrogens with zero attached hydrogens (tertiary/aromatic N) is 4. The molecule has 0 aliphatic rings. The Hall–Kier alpha value is -3.94. The summed E-state index contributed by atoms with van der Waals surface area (Å²) >= 11 is 0. The van der Waals surface area contributed by atoms with Crippen LogP contribution >= 0.6 is 0 Å². The molecule has 0 aliphatic heterocycles. The number of rotatable bonds is 8. The summed E-state index contributed by atoms with van der Waals surface area (Å²) in [6.07, 6.45) is 4.34. The first-order valence-electron chi connectivity index (χ1n) is 11.0. The smallest absolute Gasteiger partial charge is 0.300 e. The number of carbonyl (C=O) groups excluding carboxylic acids is 1. The Morgan fingerprint density at radius 1 is 1.12 bits per heavy atom. The summed E-state index contributed by atoms with van der Waals surface area (Å²) in [5.41, 5.74) is 2.58. The third-order valence-electron chi connectivity index (χ3n) is 5.33. The van der Waals surface area contributed by atoms with E-state index >= 15 is 0 Å². The monoisotopic (exact) mass is 445 g/mol. The van der Waals surface area contributed by atoms with Crippen LogP contribution in [-0.4, -0.2) is 31.7 Å². The van der Waals surface area contributed by atoms with Gasteiger partial charge in [-0.2, -0.15) is 0 Å². The summed E-state index contributed by atoms with van der Waals surface area (Å²) in [6.45, 7) is 6.48. The molecule has 0 spiro atoms. The number of amides is 1. The summed E-state index contributed by atoms with van der Waals surface area (Å²) in [5.74, 6) is 1.37. The Kier molecular flexibility index (Phi) is 6.53. The van der Waals surface area contributed by atoms with Gasteiger partial charge < -0.3 is 10.1 Å². The molecular formula is C25H27N5O3. The minimum atomic E-state index is -0.259. The number of fused-ring (bicyclic) bond motifs is 1. The molecule has 0 saturated carbocycles. The van der Waals surface area contributed by atoms with Gasteiger partial charge in [-0.25, -0.2) is 0 Å². The maximum atomic E-state index is 13.0. The van der Waals surface area contributed by atoms with E-state index in [1.807, 2.05) is 69.3 Å². The molecule has 4 rings (SSSR count). The number of anilines is 1. The lowest BCUT2D eigenvalue weighted by molar-refractivity contribution is -0.116. The van der Waals surface area contributed by atoms with Crippen molar-refractivity contribution in [3.05, 3.63) is 82.7 Å². The molecule has 1 unspecified atom stereocenters. The SMILES string of the molecule is CCOc1ccc(-n2ccn3c(CC(C)CC(=O)Nc4cccc(C)c4)nnc3c2=O)cc1. The van der Waals surface area contributed by atoms with E-state index in [0.717, 1.165) is 22.7 Å². The molecule has 2 aromatic carbocycles. The largest absolute Gasteiger partial charge is 0.494 e. The highest BCUT2D eigenvalue weighted by atomic mass is 16.5. The fourth-order valence-corrected chi connectivity index (χ4v) is 3.78. The molecule has 33 heavy (non-hydrogen) atoms. The molecule has 1 N–H and O–H groups in total. The van der Waals surface area contributed by atoms with E-state index in [0.29, 0.717) is 25.3 Å². The van der Waals surface area contributed by atoms with Gasteiger partial charge in [0, 0.05) is 36.6 Å². The predicted octanol–water partition coefficient (Wildman–Crippen LogP) is 3.79. The quantitative estimate of drug-likeness (QED) is 0.446. The molecule has 8 heteroatoms. The second-order valence-corrected chi connectivity index (χ2v) is 8.14. The first-order valence-corrected chi connectivity index (χ1v) is 11.0. The topological polar surface area (TPSA) is 90.5 Å². The molecule has 0 bridgehead atoms. The zero-order chi connectivity index (χ0) is 23.4. The zero-order valence-corrected chi connectivity index (χ0v) is 19.0. The fraction of sp³-hybridized carbons (Fsp3) is 0.280. The van der Waals surface area contributed by atoms with E-state index in [1.165, 1.54) is 4.57 Å². The molecule has 0 radical (unpaired) electrons. The highest BCUT2D eigenvalue weighted by molar-refractivity contribution is 5.90. The standard InChI is InChI=1S/C25H27N5O3/c1-4-33-21-10-8-20(9-11-21)29-12-13-30-22(27-28-24(30)25(29)32)15-18(3)16-23(31)26-19-7-5-6-17(2)14-19/h5-14,18H,4,15-16H2,1-3H3,(H,26,31). The lowest BCUT2D eigenvalue weighted by Gasteiger charge is -2.12. The minimum absolute atomic E-state index is 0.0238. The number of ether oxygens (including phenoxy) is 1. The Labute approximate surface area is 191 Å². The van der Waals surface area contributed by atoms with Crippen LogP contribution in [0.25, 0.3) is 11.3 Å². The lowest BCUT2D eigenvalue weighted by atomic mass is 10.0. The van der Waals surface area contributed by atoms with Crippen LogP contribution < -0.4 is 15.6 Å². The first-order chi connectivity index (χ1) is 15.9. The molecule has 4 aromatic rings. The van der Waals surface area contributed by atoms with Crippen molar-refractivity contribution in [1.82, 2.24) is 19.2 Å². The van der Waals surface area contributed by atoms with Crippen LogP contribution in [0.1, 0.15) is 31.7 Å². The maximum absolute atomic E-state index is 13.0. The molecule has 0 aliphatic carbocycles. The summed E-state index contributed by atoms with van der Waals surface area (Å²) < 4.78 is 8.69. The third-order valence-corrected chi connectivity index (χ3v) is 5.33. The van der Waals surface area contributed by atoms with Crippen LogP contribution in [-0.2, 0) is 11.2 Å². The zero-order valence-electron chi connectivity index (χ0n) is 19.0. The Morgan fingerprint density at radius 3 is 2.64 bits per heavy atom. The number of benzene rings is 2. The highest BCUT2D eigenvalue weighted by Crippen LogP contribution is 2.16. The highest BCUT2D eigenvalue weighted by Gasteiger charge is 2.16. The van der Waals surface area contributed by atoms with Crippen molar-refractivity contribution in [2.45, 2.75) is 33.6 Å². The van der Waals surface area contributed by atoms with E-state index in [1.54, 1.807) is 16.8 Å². The summed E-state index contributed by atoms with van der Waals surface area (Å²) in [5, 5.41) is 11.3. The third kappa shape index (κ3) is 5.11. The molecule has 0 fully saturated rings. The second kappa shape index (κ2) is 9.68. The van der Waals surface area contributed by atoms with Gasteiger partial charge in [0.15, 0.2) is 0 Å².